The van der Waals surface area contributed by atoms with Crippen LogP contribution in [0.25, 0.3) is 11.1 Å². The standard InChI is InChI=1S/C17H18O2/c1-3-7-14-12(2)15(17(18)19)10-11-16(14)13-8-5-4-6-9-13/h4-6,8-11H,3,7H2,1-2H3,(H,18,19). The van der Waals surface area contributed by atoms with Crippen LogP contribution in [0.2, 0.25) is 0 Å². The second-order valence-corrected chi connectivity index (χ2v) is 4.69. The van der Waals surface area contributed by atoms with E-state index in [1.807, 2.05) is 31.2 Å². The van der Waals surface area contributed by atoms with Crippen molar-refractivity contribution in [2.75, 3.05) is 0 Å². The molecule has 0 fully saturated rings. The average Bonchev–Trinajstić information content (AvgIpc) is 2.41. The molecule has 0 atom stereocenters. The molecule has 0 bridgehead atoms. The lowest BCUT2D eigenvalue weighted by Crippen LogP contribution is -2.04. The van der Waals surface area contributed by atoms with E-state index < -0.39 is 5.97 Å². The molecule has 0 aliphatic rings. The van der Waals surface area contributed by atoms with Crippen molar-refractivity contribution >= 4 is 5.97 Å². The van der Waals surface area contributed by atoms with Gasteiger partial charge >= 0.3 is 5.97 Å². The maximum atomic E-state index is 11.2. The number of hydrogen-bond acceptors (Lipinski definition) is 1. The quantitative estimate of drug-likeness (QED) is 0.882. The lowest BCUT2D eigenvalue weighted by molar-refractivity contribution is 0.0696. The second kappa shape index (κ2) is 5.70. The van der Waals surface area contributed by atoms with Gasteiger partial charge in [0.2, 0.25) is 0 Å². The average molecular weight is 254 g/mol. The van der Waals surface area contributed by atoms with Gasteiger partial charge in [0.25, 0.3) is 0 Å². The van der Waals surface area contributed by atoms with Crippen LogP contribution in [0.3, 0.4) is 0 Å². The number of benzene rings is 2. The third kappa shape index (κ3) is 2.68. The Morgan fingerprint density at radius 1 is 1.11 bits per heavy atom. The molecule has 0 aliphatic heterocycles. The minimum absolute atomic E-state index is 0.406. The third-order valence-corrected chi connectivity index (χ3v) is 3.41. The van der Waals surface area contributed by atoms with Gasteiger partial charge in [-0.05, 0) is 41.7 Å². The van der Waals surface area contributed by atoms with Gasteiger partial charge in [-0.15, -0.1) is 0 Å². The van der Waals surface area contributed by atoms with Crippen LogP contribution < -0.4 is 0 Å². The molecule has 2 heteroatoms. The van der Waals surface area contributed by atoms with Crippen LogP contribution in [0.4, 0.5) is 0 Å². The Labute approximate surface area is 113 Å². The maximum absolute atomic E-state index is 11.2. The molecule has 0 spiro atoms. The summed E-state index contributed by atoms with van der Waals surface area (Å²) < 4.78 is 0. The minimum Gasteiger partial charge on any atom is -0.478 e. The molecule has 19 heavy (non-hydrogen) atoms. The Hall–Kier alpha value is -2.09. The normalized spacial score (nSPS) is 10.4. The summed E-state index contributed by atoms with van der Waals surface area (Å²) in [6.07, 6.45) is 1.90. The molecule has 2 aromatic rings. The van der Waals surface area contributed by atoms with E-state index >= 15 is 0 Å². The van der Waals surface area contributed by atoms with Crippen molar-refractivity contribution in [3.8, 4) is 11.1 Å². The number of carboxylic acids is 1. The van der Waals surface area contributed by atoms with Gasteiger partial charge in [0.05, 0.1) is 5.56 Å². The molecule has 0 radical (unpaired) electrons. The Kier molecular flexibility index (Phi) is 4.00. The molecule has 0 unspecified atom stereocenters. The van der Waals surface area contributed by atoms with Crippen LogP contribution >= 0.6 is 0 Å². The van der Waals surface area contributed by atoms with Crippen LogP contribution in [-0.4, -0.2) is 11.1 Å². The first-order valence-electron chi connectivity index (χ1n) is 6.56. The maximum Gasteiger partial charge on any atom is 0.335 e. The molecular weight excluding hydrogens is 236 g/mol. The van der Waals surface area contributed by atoms with Gasteiger partial charge in [0, 0.05) is 0 Å². The molecule has 0 aromatic heterocycles. The van der Waals surface area contributed by atoms with Crippen molar-refractivity contribution in [3.63, 3.8) is 0 Å². The first-order valence-corrected chi connectivity index (χ1v) is 6.56. The van der Waals surface area contributed by atoms with Crippen LogP contribution in [0.5, 0.6) is 0 Å². The van der Waals surface area contributed by atoms with Gasteiger partial charge in [-0.1, -0.05) is 49.7 Å². The van der Waals surface area contributed by atoms with Crippen molar-refractivity contribution in [1.29, 1.82) is 0 Å². The van der Waals surface area contributed by atoms with E-state index in [0.29, 0.717) is 5.56 Å². The van der Waals surface area contributed by atoms with E-state index in [9.17, 15) is 9.90 Å². The van der Waals surface area contributed by atoms with E-state index in [1.165, 1.54) is 0 Å². The zero-order valence-electron chi connectivity index (χ0n) is 11.3. The molecule has 2 aromatic carbocycles. The van der Waals surface area contributed by atoms with E-state index in [-0.39, 0.29) is 0 Å². The SMILES string of the molecule is CCCc1c(-c2ccccc2)ccc(C(=O)O)c1C. The molecule has 0 saturated heterocycles. The molecule has 1 N–H and O–H groups in total. The lowest BCUT2D eigenvalue weighted by atomic mass is 9.90. The molecule has 0 aliphatic carbocycles. The topological polar surface area (TPSA) is 37.3 Å². The summed E-state index contributed by atoms with van der Waals surface area (Å²) in [7, 11) is 0. The fourth-order valence-corrected chi connectivity index (χ4v) is 2.45. The van der Waals surface area contributed by atoms with Crippen molar-refractivity contribution in [3.05, 3.63) is 59.2 Å². The predicted molar refractivity (Wildman–Crippen MR) is 77.6 cm³/mol. The summed E-state index contributed by atoms with van der Waals surface area (Å²) in [4.78, 5) is 11.2. The summed E-state index contributed by atoms with van der Waals surface area (Å²) >= 11 is 0. The van der Waals surface area contributed by atoms with Gasteiger partial charge in [-0.25, -0.2) is 4.79 Å². The van der Waals surface area contributed by atoms with Gasteiger partial charge in [-0.2, -0.15) is 0 Å². The van der Waals surface area contributed by atoms with Crippen molar-refractivity contribution in [1.82, 2.24) is 0 Å². The Bertz CT molecular complexity index is 586. The zero-order valence-corrected chi connectivity index (χ0v) is 11.3. The van der Waals surface area contributed by atoms with Crippen LogP contribution in [0, 0.1) is 6.92 Å². The smallest absolute Gasteiger partial charge is 0.335 e. The molecule has 2 rings (SSSR count). The first kappa shape index (κ1) is 13.3. The van der Waals surface area contributed by atoms with Gasteiger partial charge in [0.15, 0.2) is 0 Å². The number of carboxylic acid groups (broad SMARTS) is 1. The largest absolute Gasteiger partial charge is 0.478 e. The fraction of sp³-hybridized carbons (Fsp3) is 0.235. The molecule has 0 amide bonds. The molecule has 0 saturated carbocycles. The molecular formula is C17H18O2. The van der Waals surface area contributed by atoms with Crippen molar-refractivity contribution in [2.24, 2.45) is 0 Å². The van der Waals surface area contributed by atoms with Gasteiger partial charge < -0.3 is 5.11 Å². The highest BCUT2D eigenvalue weighted by atomic mass is 16.4. The van der Waals surface area contributed by atoms with Crippen LogP contribution in [0.15, 0.2) is 42.5 Å². The number of aromatic carboxylic acids is 1. The monoisotopic (exact) mass is 254 g/mol. The Morgan fingerprint density at radius 2 is 1.79 bits per heavy atom. The van der Waals surface area contributed by atoms with Gasteiger partial charge in [-0.3, -0.25) is 0 Å². The Morgan fingerprint density at radius 3 is 2.37 bits per heavy atom. The minimum atomic E-state index is -0.852. The van der Waals surface area contributed by atoms with E-state index in [4.69, 9.17) is 0 Å². The van der Waals surface area contributed by atoms with E-state index in [0.717, 1.165) is 35.1 Å². The summed E-state index contributed by atoms with van der Waals surface area (Å²) in [6, 6.07) is 13.8. The Balaban J connectivity index is 2.62. The van der Waals surface area contributed by atoms with E-state index in [2.05, 4.69) is 19.1 Å². The first-order chi connectivity index (χ1) is 9.15. The highest BCUT2D eigenvalue weighted by Crippen LogP contribution is 2.29. The number of carbonyl (C=O) groups is 1. The summed E-state index contributed by atoms with van der Waals surface area (Å²) in [6.45, 7) is 4.02. The summed E-state index contributed by atoms with van der Waals surface area (Å²) in [5, 5.41) is 9.22. The molecule has 98 valence electrons. The highest BCUT2D eigenvalue weighted by molar-refractivity contribution is 5.91. The van der Waals surface area contributed by atoms with E-state index in [1.54, 1.807) is 6.07 Å². The lowest BCUT2D eigenvalue weighted by Gasteiger charge is -2.14. The fourth-order valence-electron chi connectivity index (χ4n) is 2.45. The van der Waals surface area contributed by atoms with Gasteiger partial charge in [0.1, 0.15) is 0 Å². The molecule has 2 nitrogen and oxygen atoms in total. The van der Waals surface area contributed by atoms with Crippen LogP contribution in [-0.2, 0) is 6.42 Å². The number of rotatable bonds is 4. The van der Waals surface area contributed by atoms with Crippen molar-refractivity contribution in [2.45, 2.75) is 26.7 Å². The molecule has 0 heterocycles. The van der Waals surface area contributed by atoms with Crippen molar-refractivity contribution < 1.29 is 9.90 Å². The van der Waals surface area contributed by atoms with Crippen LogP contribution in [0.1, 0.15) is 34.8 Å². The number of hydrogen-bond donors (Lipinski definition) is 1. The summed E-state index contributed by atoms with van der Waals surface area (Å²) in [5.74, 6) is -0.852. The second-order valence-electron chi connectivity index (χ2n) is 4.69. The highest BCUT2D eigenvalue weighted by Gasteiger charge is 2.14. The predicted octanol–water partition coefficient (Wildman–Crippen LogP) is 4.31. The third-order valence-electron chi connectivity index (χ3n) is 3.41. The summed E-state index contributed by atoms with van der Waals surface area (Å²) in [5.41, 5.74) is 4.73. The zero-order chi connectivity index (χ0) is 13.8.